The van der Waals surface area contributed by atoms with Gasteiger partial charge in [0.1, 0.15) is 5.75 Å². The molecule has 0 bridgehead atoms. The third-order valence-corrected chi connectivity index (χ3v) is 7.25. The molecule has 32 heavy (non-hydrogen) atoms. The average Bonchev–Trinajstić information content (AvgIpc) is 3.49. The topological polar surface area (TPSA) is 72.6 Å². The number of primary amides is 1. The second-order valence-corrected chi connectivity index (χ2v) is 9.32. The number of hydrogen-bond donors (Lipinski definition) is 1. The molecule has 2 heterocycles. The minimum Gasteiger partial charge on any atom is -0.497 e. The van der Waals surface area contributed by atoms with Gasteiger partial charge in [0.2, 0.25) is 11.8 Å². The van der Waals surface area contributed by atoms with Crippen LogP contribution in [0.5, 0.6) is 5.75 Å². The van der Waals surface area contributed by atoms with E-state index in [1.807, 2.05) is 47.4 Å². The largest absolute Gasteiger partial charge is 0.497 e. The Kier molecular flexibility index (Phi) is 6.61. The van der Waals surface area contributed by atoms with E-state index in [2.05, 4.69) is 23.6 Å². The lowest BCUT2D eigenvalue weighted by Gasteiger charge is -2.27. The van der Waals surface area contributed by atoms with Crippen LogP contribution in [-0.4, -0.2) is 36.9 Å². The Morgan fingerprint density at radius 2 is 1.88 bits per heavy atom. The summed E-state index contributed by atoms with van der Waals surface area (Å²) >= 11 is 1.68. The van der Waals surface area contributed by atoms with E-state index in [-0.39, 0.29) is 11.8 Å². The van der Waals surface area contributed by atoms with E-state index in [0.717, 1.165) is 22.4 Å². The number of nitrogens with two attached hydrogens (primary N) is 1. The second-order valence-electron chi connectivity index (χ2n) is 8.37. The molecule has 1 aliphatic rings. The summed E-state index contributed by atoms with van der Waals surface area (Å²) in [7, 11) is 1.63. The first-order valence-electron chi connectivity index (χ1n) is 10.8. The van der Waals surface area contributed by atoms with Gasteiger partial charge in [0, 0.05) is 24.4 Å². The van der Waals surface area contributed by atoms with Crippen LogP contribution < -0.4 is 10.5 Å². The fourth-order valence-electron chi connectivity index (χ4n) is 4.43. The summed E-state index contributed by atoms with van der Waals surface area (Å²) in [6, 6.07) is 20.0. The van der Waals surface area contributed by atoms with Gasteiger partial charge in [-0.15, -0.1) is 11.3 Å². The maximum absolute atomic E-state index is 12.9. The minimum atomic E-state index is -0.733. The first-order chi connectivity index (χ1) is 15.5. The van der Waals surface area contributed by atoms with E-state index in [1.165, 1.54) is 4.88 Å². The molecule has 0 aliphatic carbocycles. The Balaban J connectivity index is 1.45. The molecule has 1 atom stereocenters. The first-order valence-corrected chi connectivity index (χ1v) is 11.7. The summed E-state index contributed by atoms with van der Waals surface area (Å²) in [6.07, 6.45) is 2.20. The molecule has 6 heteroatoms. The number of thiophene rings is 1. The molecule has 0 radical (unpaired) electrons. The van der Waals surface area contributed by atoms with Gasteiger partial charge in [-0.1, -0.05) is 42.5 Å². The predicted molar refractivity (Wildman–Crippen MR) is 128 cm³/mol. The van der Waals surface area contributed by atoms with Crippen molar-refractivity contribution in [1.82, 2.24) is 4.90 Å². The molecule has 0 saturated carbocycles. The highest BCUT2D eigenvalue weighted by atomic mass is 32.1. The lowest BCUT2D eigenvalue weighted by molar-refractivity contribution is -0.132. The van der Waals surface area contributed by atoms with Crippen LogP contribution in [0.25, 0.3) is 10.4 Å². The normalized spacial score (nSPS) is 18.0. The second kappa shape index (κ2) is 9.57. The van der Waals surface area contributed by atoms with Crippen LogP contribution in [0, 0.1) is 5.41 Å². The van der Waals surface area contributed by atoms with Gasteiger partial charge in [-0.3, -0.25) is 9.59 Å². The Labute approximate surface area is 192 Å². The van der Waals surface area contributed by atoms with Gasteiger partial charge in [0.05, 0.1) is 12.5 Å². The van der Waals surface area contributed by atoms with Gasteiger partial charge in [-0.05, 0) is 59.5 Å². The van der Waals surface area contributed by atoms with Gasteiger partial charge < -0.3 is 15.4 Å². The molecule has 0 unspecified atom stereocenters. The molecular weight excluding hydrogens is 420 g/mol. The lowest BCUT2D eigenvalue weighted by atomic mass is 9.79. The number of rotatable bonds is 8. The van der Waals surface area contributed by atoms with Crippen molar-refractivity contribution in [3.63, 3.8) is 0 Å². The monoisotopic (exact) mass is 448 g/mol. The average molecular weight is 449 g/mol. The van der Waals surface area contributed by atoms with Crippen LogP contribution in [-0.2, 0) is 22.4 Å². The van der Waals surface area contributed by atoms with Crippen LogP contribution in [0.1, 0.15) is 24.0 Å². The number of carbonyl (C=O) groups excluding carboxylic acids is 2. The first kappa shape index (κ1) is 22.1. The van der Waals surface area contributed by atoms with Crippen LogP contribution in [0.3, 0.4) is 0 Å². The van der Waals surface area contributed by atoms with Crippen molar-refractivity contribution in [3.05, 3.63) is 77.2 Å². The van der Waals surface area contributed by atoms with Crippen LogP contribution >= 0.6 is 11.3 Å². The van der Waals surface area contributed by atoms with Gasteiger partial charge in [-0.25, -0.2) is 0 Å². The lowest BCUT2D eigenvalue weighted by Crippen LogP contribution is -2.42. The summed E-state index contributed by atoms with van der Waals surface area (Å²) in [5, 5.41) is 2.05. The summed E-state index contributed by atoms with van der Waals surface area (Å²) in [5.74, 6) is 0.535. The van der Waals surface area contributed by atoms with Crippen LogP contribution in [0.4, 0.5) is 0 Å². The van der Waals surface area contributed by atoms with Gasteiger partial charge in [-0.2, -0.15) is 0 Å². The maximum Gasteiger partial charge on any atom is 0.225 e. The minimum absolute atomic E-state index is 0.0653. The third kappa shape index (κ3) is 4.70. The van der Waals surface area contributed by atoms with E-state index in [9.17, 15) is 9.59 Å². The zero-order chi connectivity index (χ0) is 22.6. The number of nitrogens with zero attached hydrogens (tertiary/aromatic N) is 1. The van der Waals surface area contributed by atoms with Crippen LogP contribution in [0.15, 0.2) is 66.0 Å². The molecule has 5 nitrogen and oxygen atoms in total. The van der Waals surface area contributed by atoms with Crippen molar-refractivity contribution in [1.29, 1.82) is 0 Å². The zero-order valence-corrected chi connectivity index (χ0v) is 19.1. The van der Waals surface area contributed by atoms with Gasteiger partial charge >= 0.3 is 0 Å². The number of ether oxygens (including phenoxy) is 1. The fourth-order valence-corrected chi connectivity index (χ4v) is 5.22. The number of methoxy groups -OCH3 is 1. The number of aryl methyl sites for hydroxylation is 1. The summed E-state index contributed by atoms with van der Waals surface area (Å²) in [5.41, 5.74) is 8.50. The molecule has 0 spiro atoms. The smallest absolute Gasteiger partial charge is 0.225 e. The molecule has 1 aromatic heterocycles. The SMILES string of the molecule is COc1ccc(CCC(=O)N2CC[C@@](Cc3ccccc3-c3cccs3)(C(N)=O)C2)cc1. The summed E-state index contributed by atoms with van der Waals surface area (Å²) < 4.78 is 5.18. The van der Waals surface area contributed by atoms with Crippen molar-refractivity contribution in [3.8, 4) is 16.2 Å². The van der Waals surface area contributed by atoms with Crippen LogP contribution in [0.2, 0.25) is 0 Å². The molecule has 4 rings (SSSR count). The number of hydrogen-bond acceptors (Lipinski definition) is 4. The van der Waals surface area contributed by atoms with E-state index in [1.54, 1.807) is 18.4 Å². The maximum atomic E-state index is 12.9. The molecule has 1 aliphatic heterocycles. The number of amides is 2. The Morgan fingerprint density at radius 3 is 2.56 bits per heavy atom. The van der Waals surface area contributed by atoms with Crippen molar-refractivity contribution in [2.75, 3.05) is 20.2 Å². The highest BCUT2D eigenvalue weighted by Crippen LogP contribution is 2.38. The Hall–Kier alpha value is -3.12. The van der Waals surface area contributed by atoms with Crippen molar-refractivity contribution < 1.29 is 14.3 Å². The number of carbonyl (C=O) groups is 2. The highest BCUT2D eigenvalue weighted by Gasteiger charge is 2.45. The zero-order valence-electron chi connectivity index (χ0n) is 18.3. The molecule has 166 valence electrons. The molecular formula is C26H28N2O3S. The van der Waals surface area contributed by atoms with E-state index in [4.69, 9.17) is 10.5 Å². The van der Waals surface area contributed by atoms with Crippen molar-refractivity contribution >= 4 is 23.2 Å². The molecule has 2 amide bonds. The van der Waals surface area contributed by atoms with Gasteiger partial charge in [0.25, 0.3) is 0 Å². The Morgan fingerprint density at radius 1 is 1.09 bits per heavy atom. The molecule has 2 N–H and O–H groups in total. The molecule has 3 aromatic rings. The third-order valence-electron chi connectivity index (χ3n) is 6.35. The number of benzene rings is 2. The quantitative estimate of drug-likeness (QED) is 0.558. The van der Waals surface area contributed by atoms with E-state index in [0.29, 0.717) is 38.8 Å². The van der Waals surface area contributed by atoms with Crippen molar-refractivity contribution in [2.24, 2.45) is 11.1 Å². The molecule has 1 saturated heterocycles. The van der Waals surface area contributed by atoms with Crippen molar-refractivity contribution in [2.45, 2.75) is 25.7 Å². The molecule has 2 aromatic carbocycles. The van der Waals surface area contributed by atoms with Gasteiger partial charge in [0.15, 0.2) is 0 Å². The summed E-state index contributed by atoms with van der Waals surface area (Å²) in [4.78, 5) is 28.5. The Bertz CT molecular complexity index is 1080. The number of likely N-dealkylation sites (tertiary alicyclic amines) is 1. The highest BCUT2D eigenvalue weighted by molar-refractivity contribution is 7.13. The predicted octanol–water partition coefficient (Wildman–Crippen LogP) is 4.30. The fraction of sp³-hybridized carbons (Fsp3) is 0.308. The summed E-state index contributed by atoms with van der Waals surface area (Å²) in [6.45, 7) is 0.939. The standard InChI is InChI=1S/C26H28N2O3S/c1-31-21-11-8-19(9-12-21)10-13-24(29)28-15-14-26(18-28,25(27)30)17-20-5-2-3-6-22(20)23-7-4-16-32-23/h2-9,11-12,16H,10,13-15,17-18H2,1H3,(H2,27,30)/t26-/m0/s1. The van der Waals surface area contributed by atoms with E-state index < -0.39 is 5.41 Å². The van der Waals surface area contributed by atoms with E-state index >= 15 is 0 Å². The molecule has 1 fully saturated rings.